The summed E-state index contributed by atoms with van der Waals surface area (Å²) in [7, 11) is 0. The Bertz CT molecular complexity index is 647. The molecule has 0 saturated heterocycles. The molecule has 126 valence electrons. The Morgan fingerprint density at radius 2 is 1.09 bits per heavy atom. The molecule has 0 fully saturated rings. The predicted octanol–water partition coefficient (Wildman–Crippen LogP) is 7.93. The summed E-state index contributed by atoms with van der Waals surface area (Å²) in [5.41, 5.74) is 2.51. The minimum absolute atomic E-state index is 0.0575. The van der Waals surface area contributed by atoms with Gasteiger partial charge in [0.25, 0.3) is 0 Å². The van der Waals surface area contributed by atoms with Crippen molar-refractivity contribution in [1.82, 2.24) is 0 Å². The van der Waals surface area contributed by atoms with Crippen LogP contribution >= 0.6 is 34.8 Å². The maximum atomic E-state index is 6.02. The first-order valence-electron chi connectivity index (χ1n) is 7.63. The van der Waals surface area contributed by atoms with Crippen LogP contribution in [0.4, 0.5) is 0 Å². The van der Waals surface area contributed by atoms with E-state index in [0.717, 1.165) is 20.6 Å². The van der Waals surface area contributed by atoms with Crippen LogP contribution in [0.5, 0.6) is 0 Å². The molecule has 3 heteroatoms. The van der Waals surface area contributed by atoms with Gasteiger partial charge in [-0.3, -0.25) is 0 Å². The molecule has 2 aromatic rings. The van der Waals surface area contributed by atoms with E-state index in [0.29, 0.717) is 0 Å². The van der Waals surface area contributed by atoms with E-state index in [2.05, 4.69) is 47.6 Å². The fourth-order valence-electron chi connectivity index (χ4n) is 2.14. The molecule has 0 aliphatic heterocycles. The zero-order valence-electron chi connectivity index (χ0n) is 14.7. The number of hydrogen-bond donors (Lipinski definition) is 0. The number of halogens is 3. The van der Waals surface area contributed by atoms with Crippen LogP contribution in [0.15, 0.2) is 42.5 Å². The average Bonchev–Trinajstić information content (AvgIpc) is 2.40. The molecule has 0 N–H and O–H groups in total. The van der Waals surface area contributed by atoms with Crippen LogP contribution in [0.1, 0.15) is 52.7 Å². The van der Waals surface area contributed by atoms with Crippen molar-refractivity contribution in [2.45, 2.75) is 52.4 Å². The quantitative estimate of drug-likeness (QED) is 0.441. The summed E-state index contributed by atoms with van der Waals surface area (Å²) in [6.45, 7) is 12.8. The van der Waals surface area contributed by atoms with Crippen molar-refractivity contribution in [1.29, 1.82) is 0 Å². The first-order chi connectivity index (χ1) is 10.4. The van der Waals surface area contributed by atoms with Crippen LogP contribution in [-0.2, 0) is 10.8 Å². The fourth-order valence-corrected chi connectivity index (χ4v) is 3.13. The van der Waals surface area contributed by atoms with E-state index in [1.165, 1.54) is 5.56 Å². The van der Waals surface area contributed by atoms with Gasteiger partial charge < -0.3 is 0 Å². The topological polar surface area (TPSA) is 0 Å². The number of rotatable bonds is 0. The molecule has 0 aliphatic rings. The summed E-state index contributed by atoms with van der Waals surface area (Å²) in [6.07, 6.45) is 0. The highest BCUT2D eigenvalue weighted by molar-refractivity contribution is 6.33. The molecule has 0 bridgehead atoms. The van der Waals surface area contributed by atoms with Crippen LogP contribution in [-0.4, -0.2) is 0 Å². The van der Waals surface area contributed by atoms with Gasteiger partial charge in [-0.2, -0.15) is 0 Å². The lowest BCUT2D eigenvalue weighted by Gasteiger charge is -2.20. The van der Waals surface area contributed by atoms with Crippen molar-refractivity contribution in [3.05, 3.63) is 68.7 Å². The Labute approximate surface area is 155 Å². The van der Waals surface area contributed by atoms with Gasteiger partial charge >= 0.3 is 0 Å². The second-order valence-electron chi connectivity index (χ2n) is 7.60. The molecule has 0 saturated carbocycles. The molecule has 0 spiro atoms. The second-order valence-corrected chi connectivity index (χ2v) is 8.85. The van der Waals surface area contributed by atoms with Gasteiger partial charge in [0.1, 0.15) is 0 Å². The zero-order valence-corrected chi connectivity index (χ0v) is 16.9. The van der Waals surface area contributed by atoms with E-state index in [4.69, 9.17) is 34.8 Å². The lowest BCUT2D eigenvalue weighted by molar-refractivity contribution is 0.590. The minimum Gasteiger partial charge on any atom is -0.0843 e. The molecule has 0 unspecified atom stereocenters. The Balaban J connectivity index is 0.000000231. The maximum Gasteiger partial charge on any atom is 0.0444 e. The SMILES string of the molecule is CC(C)(C)c1cc(Cl)ccc1Cl.CC(C)(C)c1ccccc1Cl. The van der Waals surface area contributed by atoms with Crippen molar-refractivity contribution in [2.24, 2.45) is 0 Å². The molecule has 2 rings (SSSR count). The molecule has 0 amide bonds. The van der Waals surface area contributed by atoms with E-state index in [9.17, 15) is 0 Å². The van der Waals surface area contributed by atoms with E-state index in [1.54, 1.807) is 6.07 Å². The number of benzene rings is 2. The fraction of sp³-hybridized carbons (Fsp3) is 0.400. The third-order valence-electron chi connectivity index (χ3n) is 3.42. The predicted molar refractivity (Wildman–Crippen MR) is 105 cm³/mol. The van der Waals surface area contributed by atoms with Gasteiger partial charge in [-0.05, 0) is 46.2 Å². The summed E-state index contributed by atoms with van der Waals surface area (Å²) < 4.78 is 0. The van der Waals surface area contributed by atoms with Crippen LogP contribution in [0.25, 0.3) is 0 Å². The lowest BCUT2D eigenvalue weighted by Crippen LogP contribution is -2.11. The van der Waals surface area contributed by atoms with Gasteiger partial charge in [-0.1, -0.05) is 94.5 Å². The van der Waals surface area contributed by atoms with Crippen molar-refractivity contribution >= 4 is 34.8 Å². The summed E-state index contributed by atoms with van der Waals surface area (Å²) >= 11 is 17.9. The third-order valence-corrected chi connectivity index (χ3v) is 4.31. The Morgan fingerprint density at radius 1 is 0.609 bits per heavy atom. The van der Waals surface area contributed by atoms with Crippen molar-refractivity contribution in [3.63, 3.8) is 0 Å². The maximum absolute atomic E-state index is 6.02. The Kier molecular flexibility index (Phi) is 7.01. The first kappa shape index (κ1) is 20.4. The van der Waals surface area contributed by atoms with Crippen LogP contribution in [0.3, 0.4) is 0 Å². The minimum atomic E-state index is 0.0575. The molecule has 0 radical (unpaired) electrons. The molecule has 23 heavy (non-hydrogen) atoms. The summed E-state index contributed by atoms with van der Waals surface area (Å²) in [4.78, 5) is 0. The summed E-state index contributed by atoms with van der Waals surface area (Å²) in [6, 6.07) is 13.5. The second kappa shape index (κ2) is 7.92. The molecule has 0 heterocycles. The zero-order chi connectivity index (χ0) is 17.8. The third kappa shape index (κ3) is 6.37. The molecule has 2 aromatic carbocycles. The van der Waals surface area contributed by atoms with Gasteiger partial charge in [-0.25, -0.2) is 0 Å². The van der Waals surface area contributed by atoms with Crippen LogP contribution < -0.4 is 0 Å². The highest BCUT2D eigenvalue weighted by Crippen LogP contribution is 2.31. The van der Waals surface area contributed by atoms with Crippen LogP contribution in [0, 0.1) is 0 Å². The van der Waals surface area contributed by atoms with E-state index in [-0.39, 0.29) is 10.8 Å². The van der Waals surface area contributed by atoms with E-state index in [1.807, 2.05) is 30.3 Å². The highest BCUT2D eigenvalue weighted by atomic mass is 35.5. The molecule has 0 nitrogen and oxygen atoms in total. The summed E-state index contributed by atoms with van der Waals surface area (Å²) in [5, 5.41) is 2.39. The largest absolute Gasteiger partial charge is 0.0843 e. The monoisotopic (exact) mass is 370 g/mol. The van der Waals surface area contributed by atoms with Gasteiger partial charge in [0, 0.05) is 15.1 Å². The lowest BCUT2D eigenvalue weighted by atomic mass is 9.87. The van der Waals surface area contributed by atoms with Crippen molar-refractivity contribution in [3.8, 4) is 0 Å². The normalized spacial score (nSPS) is 11.7. The first-order valence-corrected chi connectivity index (χ1v) is 8.77. The van der Waals surface area contributed by atoms with Crippen LogP contribution in [0.2, 0.25) is 15.1 Å². The molecular formula is C20H25Cl3. The van der Waals surface area contributed by atoms with Gasteiger partial charge in [-0.15, -0.1) is 0 Å². The Morgan fingerprint density at radius 3 is 1.48 bits per heavy atom. The molecule has 0 atom stereocenters. The highest BCUT2D eigenvalue weighted by Gasteiger charge is 2.17. The van der Waals surface area contributed by atoms with Crippen molar-refractivity contribution in [2.75, 3.05) is 0 Å². The summed E-state index contributed by atoms with van der Waals surface area (Å²) in [5.74, 6) is 0. The molecular weight excluding hydrogens is 347 g/mol. The van der Waals surface area contributed by atoms with Gasteiger partial charge in [0.2, 0.25) is 0 Å². The molecule has 0 aliphatic carbocycles. The number of hydrogen-bond acceptors (Lipinski definition) is 0. The van der Waals surface area contributed by atoms with E-state index < -0.39 is 0 Å². The van der Waals surface area contributed by atoms with Gasteiger partial charge in [0.05, 0.1) is 0 Å². The van der Waals surface area contributed by atoms with E-state index >= 15 is 0 Å². The van der Waals surface area contributed by atoms with Gasteiger partial charge in [0.15, 0.2) is 0 Å². The van der Waals surface area contributed by atoms with Crippen molar-refractivity contribution < 1.29 is 0 Å². The smallest absolute Gasteiger partial charge is 0.0444 e. The molecule has 0 aromatic heterocycles. The standard InChI is InChI=1S/C10H12Cl2.C10H13Cl/c1-10(2,3)8-6-7(11)4-5-9(8)12;1-10(2,3)8-6-4-5-7-9(8)11/h4-6H,1-3H3;4-7H,1-3H3. The Hall–Kier alpha value is -0.690. The average molecular weight is 372 g/mol.